The Morgan fingerprint density at radius 1 is 0.970 bits per heavy atom. The Morgan fingerprint density at radius 2 is 1.73 bits per heavy atom. The molecule has 1 aliphatic heterocycles. The minimum absolute atomic E-state index is 0.0643. The second-order valence-electron chi connectivity index (χ2n) is 7.60. The SMILES string of the molecule is O=C(N1Cc2ccc(-c3nccc(Nc4ccc(-c5cn[nH]c5)cc4)n3)cc2C1)C(F)(F)F. The molecular weight excluding hydrogens is 433 g/mol. The highest BCUT2D eigenvalue weighted by Gasteiger charge is 2.44. The lowest BCUT2D eigenvalue weighted by molar-refractivity contribution is -0.186. The highest BCUT2D eigenvalue weighted by Crippen LogP contribution is 2.31. The van der Waals surface area contributed by atoms with Crippen LogP contribution in [0.3, 0.4) is 0 Å². The van der Waals surface area contributed by atoms with E-state index < -0.39 is 12.1 Å². The van der Waals surface area contributed by atoms with Gasteiger partial charge in [-0.2, -0.15) is 18.3 Å². The van der Waals surface area contributed by atoms with Gasteiger partial charge in [0.25, 0.3) is 0 Å². The van der Waals surface area contributed by atoms with Gasteiger partial charge in [-0.3, -0.25) is 9.89 Å². The third kappa shape index (κ3) is 4.27. The summed E-state index contributed by atoms with van der Waals surface area (Å²) in [6, 6.07) is 14.7. The van der Waals surface area contributed by atoms with Gasteiger partial charge in [-0.1, -0.05) is 24.3 Å². The predicted molar refractivity (Wildman–Crippen MR) is 115 cm³/mol. The van der Waals surface area contributed by atoms with E-state index in [0.717, 1.165) is 21.7 Å². The van der Waals surface area contributed by atoms with E-state index in [1.165, 1.54) is 0 Å². The van der Waals surface area contributed by atoms with Crippen LogP contribution in [0, 0.1) is 0 Å². The lowest BCUT2D eigenvalue weighted by Crippen LogP contribution is -2.37. The number of alkyl halides is 3. The number of rotatable bonds is 4. The quantitative estimate of drug-likeness (QED) is 0.472. The molecule has 0 spiro atoms. The molecule has 2 aromatic heterocycles. The van der Waals surface area contributed by atoms with Crippen molar-refractivity contribution in [3.05, 3.63) is 78.2 Å². The molecular formula is C23H17F3N6O. The van der Waals surface area contributed by atoms with E-state index in [0.29, 0.717) is 28.3 Å². The number of hydrogen-bond acceptors (Lipinski definition) is 5. The summed E-state index contributed by atoms with van der Waals surface area (Å²) in [7, 11) is 0. The average molecular weight is 450 g/mol. The van der Waals surface area contributed by atoms with Gasteiger partial charge in [0.15, 0.2) is 5.82 Å². The smallest absolute Gasteiger partial charge is 0.340 e. The first-order valence-corrected chi connectivity index (χ1v) is 10.0. The molecule has 7 nitrogen and oxygen atoms in total. The van der Waals surface area contributed by atoms with E-state index in [1.807, 2.05) is 30.5 Å². The standard InChI is InChI=1S/C23H17F3N6O/c24-23(25,26)22(33)32-12-16-2-1-15(9-17(16)13-32)21-27-8-7-20(31-21)30-19-5-3-14(4-6-19)18-10-28-29-11-18/h1-11H,12-13H2,(H,28,29)(H,27,30,31). The van der Waals surface area contributed by atoms with Crippen molar-refractivity contribution in [2.75, 3.05) is 5.32 Å². The van der Waals surface area contributed by atoms with Gasteiger partial charge in [0, 0.05) is 42.3 Å². The predicted octanol–water partition coefficient (Wildman–Crippen LogP) is 4.68. The first-order chi connectivity index (χ1) is 15.9. The molecule has 3 heterocycles. The van der Waals surface area contributed by atoms with Crippen molar-refractivity contribution in [3.63, 3.8) is 0 Å². The molecule has 10 heteroatoms. The van der Waals surface area contributed by atoms with Crippen molar-refractivity contribution in [1.29, 1.82) is 0 Å². The molecule has 0 radical (unpaired) electrons. The minimum Gasteiger partial charge on any atom is -0.340 e. The lowest BCUT2D eigenvalue weighted by atomic mass is 10.1. The van der Waals surface area contributed by atoms with Crippen molar-refractivity contribution in [2.24, 2.45) is 0 Å². The fraction of sp³-hybridized carbons (Fsp3) is 0.130. The minimum atomic E-state index is -4.88. The maximum atomic E-state index is 12.8. The van der Waals surface area contributed by atoms with Gasteiger partial charge in [0.05, 0.1) is 6.20 Å². The number of H-pyrrole nitrogens is 1. The molecule has 0 saturated carbocycles. The maximum Gasteiger partial charge on any atom is 0.471 e. The van der Waals surface area contributed by atoms with Crippen LogP contribution in [0.4, 0.5) is 24.7 Å². The van der Waals surface area contributed by atoms with E-state index in [4.69, 9.17) is 0 Å². The fourth-order valence-corrected chi connectivity index (χ4v) is 3.73. The number of fused-ring (bicyclic) bond motifs is 1. The summed E-state index contributed by atoms with van der Waals surface area (Å²) in [6.45, 7) is -0.159. The van der Waals surface area contributed by atoms with Gasteiger partial charge in [-0.25, -0.2) is 9.97 Å². The van der Waals surface area contributed by atoms with Gasteiger partial charge in [0.1, 0.15) is 5.82 Å². The van der Waals surface area contributed by atoms with Crippen LogP contribution < -0.4 is 5.32 Å². The zero-order valence-corrected chi connectivity index (χ0v) is 17.1. The fourth-order valence-electron chi connectivity index (χ4n) is 3.73. The summed E-state index contributed by atoms with van der Waals surface area (Å²) < 4.78 is 38.3. The lowest BCUT2D eigenvalue weighted by Gasteiger charge is -2.16. The van der Waals surface area contributed by atoms with Gasteiger partial charge in [0.2, 0.25) is 0 Å². The molecule has 0 saturated heterocycles. The summed E-state index contributed by atoms with van der Waals surface area (Å²) in [4.78, 5) is 21.2. The van der Waals surface area contributed by atoms with Crippen LogP contribution in [-0.4, -0.2) is 37.1 Å². The van der Waals surface area contributed by atoms with Crippen LogP contribution in [0.5, 0.6) is 0 Å². The van der Waals surface area contributed by atoms with Gasteiger partial charge < -0.3 is 10.2 Å². The summed E-state index contributed by atoms with van der Waals surface area (Å²) in [5.74, 6) is -0.828. The molecule has 0 bridgehead atoms. The first kappa shape index (κ1) is 20.7. The zero-order valence-electron chi connectivity index (χ0n) is 17.1. The van der Waals surface area contributed by atoms with E-state index in [2.05, 4.69) is 25.5 Å². The van der Waals surface area contributed by atoms with E-state index >= 15 is 0 Å². The monoisotopic (exact) mass is 450 g/mol. The number of nitrogens with one attached hydrogen (secondary N) is 2. The molecule has 4 aromatic rings. The molecule has 166 valence electrons. The highest BCUT2D eigenvalue weighted by molar-refractivity contribution is 5.82. The number of nitrogens with zero attached hydrogens (tertiary/aromatic N) is 4. The molecule has 2 aromatic carbocycles. The van der Waals surface area contributed by atoms with E-state index in [9.17, 15) is 18.0 Å². The van der Waals surface area contributed by atoms with Crippen LogP contribution in [0.2, 0.25) is 0 Å². The van der Waals surface area contributed by atoms with E-state index in [-0.39, 0.29) is 13.1 Å². The molecule has 0 fully saturated rings. The van der Waals surface area contributed by atoms with Gasteiger partial charge in [-0.05, 0) is 41.0 Å². The third-order valence-corrected chi connectivity index (χ3v) is 5.36. The number of benzene rings is 2. The number of anilines is 2. The highest BCUT2D eigenvalue weighted by atomic mass is 19.4. The second kappa shape index (κ2) is 8.05. The van der Waals surface area contributed by atoms with Crippen LogP contribution >= 0.6 is 0 Å². The van der Waals surface area contributed by atoms with Crippen LogP contribution in [-0.2, 0) is 17.9 Å². The normalized spacial score (nSPS) is 13.1. The van der Waals surface area contributed by atoms with Crippen molar-refractivity contribution >= 4 is 17.4 Å². The van der Waals surface area contributed by atoms with Crippen molar-refractivity contribution in [3.8, 4) is 22.5 Å². The van der Waals surface area contributed by atoms with Crippen LogP contribution in [0.15, 0.2) is 67.1 Å². The summed E-state index contributed by atoms with van der Waals surface area (Å²) >= 11 is 0. The second-order valence-corrected chi connectivity index (χ2v) is 7.60. The van der Waals surface area contributed by atoms with Crippen molar-refractivity contribution < 1.29 is 18.0 Å². The molecule has 0 atom stereocenters. The Bertz CT molecular complexity index is 1300. The molecule has 0 aliphatic carbocycles. The number of carbonyl (C=O) groups excluding carboxylic acids is 1. The Hall–Kier alpha value is -4.21. The number of amides is 1. The molecule has 1 aliphatic rings. The first-order valence-electron chi connectivity index (χ1n) is 10.0. The summed E-state index contributed by atoms with van der Waals surface area (Å²) in [6.07, 6.45) is 0.282. The van der Waals surface area contributed by atoms with Crippen LogP contribution in [0.25, 0.3) is 22.5 Å². The Labute approximate surface area is 186 Å². The molecule has 5 rings (SSSR count). The largest absolute Gasteiger partial charge is 0.471 e. The average Bonchev–Trinajstić information content (AvgIpc) is 3.48. The Morgan fingerprint density at radius 3 is 2.45 bits per heavy atom. The number of aromatic nitrogens is 4. The summed E-state index contributed by atoms with van der Waals surface area (Å²) in [5.41, 5.74) is 4.84. The third-order valence-electron chi connectivity index (χ3n) is 5.36. The van der Waals surface area contributed by atoms with Crippen molar-refractivity contribution in [2.45, 2.75) is 19.3 Å². The van der Waals surface area contributed by atoms with Crippen molar-refractivity contribution in [1.82, 2.24) is 25.1 Å². The van der Waals surface area contributed by atoms with Gasteiger partial charge in [-0.15, -0.1) is 0 Å². The number of hydrogen-bond donors (Lipinski definition) is 2. The molecule has 1 amide bonds. The topological polar surface area (TPSA) is 86.8 Å². The number of aromatic amines is 1. The van der Waals surface area contributed by atoms with E-state index in [1.54, 1.807) is 36.7 Å². The molecule has 0 unspecified atom stereocenters. The van der Waals surface area contributed by atoms with Gasteiger partial charge >= 0.3 is 12.1 Å². The molecule has 33 heavy (non-hydrogen) atoms. The number of halogens is 3. The molecule has 2 N–H and O–H groups in total. The number of carbonyl (C=O) groups is 1. The zero-order chi connectivity index (χ0) is 23.0. The van der Waals surface area contributed by atoms with Crippen LogP contribution in [0.1, 0.15) is 11.1 Å². The summed E-state index contributed by atoms with van der Waals surface area (Å²) in [5, 5.41) is 9.95. The Kier molecular flexibility index (Phi) is 5.04. The maximum absolute atomic E-state index is 12.8. The Balaban J connectivity index is 1.33.